The quantitative estimate of drug-likeness (QED) is 0.280. The molecule has 0 fully saturated rings. The van der Waals surface area contributed by atoms with Crippen molar-refractivity contribution in [1.29, 1.82) is 0 Å². The lowest BCUT2D eigenvalue weighted by Gasteiger charge is -2.43. The van der Waals surface area contributed by atoms with Gasteiger partial charge in [-0.05, 0) is 0 Å². The normalized spacial score (nSPS) is 17.5. The van der Waals surface area contributed by atoms with Gasteiger partial charge in [0.1, 0.15) is 0 Å². The van der Waals surface area contributed by atoms with E-state index in [0.29, 0.717) is 0 Å². The van der Waals surface area contributed by atoms with E-state index in [1.54, 1.807) is 0 Å². The molecule has 19 heteroatoms. The molecule has 0 aliphatic carbocycles. The molecule has 0 aliphatic rings. The Kier molecular flexibility index (Phi) is 7.16. The Morgan fingerprint density at radius 2 is 0.690 bits per heavy atom. The van der Waals surface area contributed by atoms with Crippen LogP contribution in [0, 0.1) is 0 Å². The lowest BCUT2D eigenvalue weighted by Crippen LogP contribution is -2.75. The van der Waals surface area contributed by atoms with Gasteiger partial charge in [-0.3, -0.25) is 0 Å². The first kappa shape index (κ1) is 28.5. The molecule has 0 radical (unpaired) electrons. The monoisotopic (exact) mass is 512 g/mol. The Hall–Kier alpha value is -0.490. The van der Waals surface area contributed by atoms with Gasteiger partial charge in [-0.2, -0.15) is 99.9 Å². The summed E-state index contributed by atoms with van der Waals surface area (Å²) in [5.41, 5.74) is 0. The van der Waals surface area contributed by atoms with Gasteiger partial charge in [-0.25, -0.2) is 0 Å². The molecule has 0 aromatic heterocycles. The van der Waals surface area contributed by atoms with E-state index in [2.05, 4.69) is 25.3 Å². The summed E-state index contributed by atoms with van der Waals surface area (Å²) in [6.45, 7) is 0. The van der Waals surface area contributed by atoms with Gasteiger partial charge in [0.15, 0.2) is 0 Å². The van der Waals surface area contributed by atoms with Crippen molar-refractivity contribution >= 4 is 25.3 Å². The van der Waals surface area contributed by atoms with Crippen LogP contribution in [0.1, 0.15) is 0 Å². The molecule has 0 bridgehead atoms. The minimum absolute atomic E-state index is 1.62. The molecule has 0 nitrogen and oxygen atoms in total. The molecule has 0 saturated heterocycles. The van der Waals surface area contributed by atoms with E-state index in [4.69, 9.17) is 0 Å². The van der Waals surface area contributed by atoms with E-state index >= 15 is 0 Å². The summed E-state index contributed by atoms with van der Waals surface area (Å²) in [6.07, 6.45) is -7.76. The number of alkyl halides is 17. The highest BCUT2D eigenvalue weighted by atomic mass is 32.1. The topological polar surface area (TPSA) is 0 Å². The largest absolute Gasteiger partial charge is 0.460 e. The molecule has 176 valence electrons. The maximum atomic E-state index is 13.3. The predicted octanol–water partition coefficient (Wildman–Crippen LogP) is 6.22. The minimum atomic E-state index is -8.62. The van der Waals surface area contributed by atoms with Crippen molar-refractivity contribution in [1.82, 2.24) is 0 Å². The van der Waals surface area contributed by atoms with Crippen LogP contribution in [-0.4, -0.2) is 58.6 Å². The van der Waals surface area contributed by atoms with Crippen molar-refractivity contribution in [2.75, 3.05) is 5.75 Å². The van der Waals surface area contributed by atoms with Crippen molar-refractivity contribution in [3.63, 3.8) is 0 Å². The summed E-state index contributed by atoms with van der Waals surface area (Å²) in [5.74, 6) is -58.0. The first-order valence-electron chi connectivity index (χ1n) is 6.23. The van der Waals surface area contributed by atoms with Crippen LogP contribution in [-0.2, 0) is 0 Å². The van der Waals surface area contributed by atoms with Crippen LogP contribution < -0.4 is 0 Å². The van der Waals surface area contributed by atoms with E-state index in [0.717, 1.165) is 0 Å². The molecule has 0 amide bonds. The number of hydrogen-bond acceptors (Lipinski definition) is 2. The third-order valence-corrected chi connectivity index (χ3v) is 4.50. The van der Waals surface area contributed by atoms with Crippen LogP contribution in [0.2, 0.25) is 0 Å². The van der Waals surface area contributed by atoms with Crippen LogP contribution >= 0.6 is 25.3 Å². The third kappa shape index (κ3) is 3.60. The van der Waals surface area contributed by atoms with Crippen molar-refractivity contribution < 1.29 is 74.6 Å². The maximum Gasteiger partial charge on any atom is 0.460 e. The molecule has 29 heavy (non-hydrogen) atoms. The van der Waals surface area contributed by atoms with Gasteiger partial charge in [0.05, 0.1) is 5.25 Å². The van der Waals surface area contributed by atoms with Gasteiger partial charge >= 0.3 is 47.6 Å². The Labute approximate surface area is 159 Å². The van der Waals surface area contributed by atoms with Gasteiger partial charge in [-0.1, -0.05) is 0 Å². The summed E-state index contributed by atoms with van der Waals surface area (Å²) in [5, 5.41) is -3.41. The highest BCUT2D eigenvalue weighted by Crippen LogP contribution is 2.64. The average Bonchev–Trinajstić information content (AvgIpc) is 2.51. The first-order valence-corrected chi connectivity index (χ1v) is 7.38. The fraction of sp³-hybridized carbons (Fsp3) is 1.00. The molecular formula is C10H5F17S2. The number of hydrogen-bond donors (Lipinski definition) is 2. The van der Waals surface area contributed by atoms with E-state index < -0.39 is 58.6 Å². The van der Waals surface area contributed by atoms with Crippen LogP contribution in [0.4, 0.5) is 74.6 Å². The molecule has 1 atom stereocenters. The van der Waals surface area contributed by atoms with Crippen LogP contribution in [0.3, 0.4) is 0 Å². The Balaban J connectivity index is 6.73. The summed E-state index contributed by atoms with van der Waals surface area (Å²) >= 11 is 5.42. The van der Waals surface area contributed by atoms with Gasteiger partial charge in [-0.15, -0.1) is 0 Å². The summed E-state index contributed by atoms with van der Waals surface area (Å²) < 4.78 is 219. The molecule has 0 saturated carbocycles. The second-order valence-corrected chi connectivity index (χ2v) is 6.25. The number of rotatable bonds is 8. The second-order valence-electron chi connectivity index (χ2n) is 5.27. The fourth-order valence-electron chi connectivity index (χ4n) is 1.50. The lowest BCUT2D eigenvalue weighted by atomic mass is 9.88. The van der Waals surface area contributed by atoms with Gasteiger partial charge in [0.2, 0.25) is 0 Å². The molecular weight excluding hydrogens is 507 g/mol. The molecule has 0 heterocycles. The smallest absolute Gasteiger partial charge is 0.198 e. The van der Waals surface area contributed by atoms with Crippen molar-refractivity contribution in [3.8, 4) is 0 Å². The molecule has 0 aromatic rings. The van der Waals surface area contributed by atoms with Crippen LogP contribution in [0.15, 0.2) is 0 Å². The summed E-state index contributed by atoms with van der Waals surface area (Å²) in [4.78, 5) is 0. The zero-order chi connectivity index (χ0) is 24.3. The maximum absolute atomic E-state index is 13.3. The fourth-order valence-corrected chi connectivity index (χ4v) is 1.89. The molecule has 1 unspecified atom stereocenters. The SMILES string of the molecule is FC(F)(F)C(F)(F)C(F)(F)C(F)(F)C(F)(F)C(F)(F)C(F)(F)C(F)(F)C(S)CS. The first-order chi connectivity index (χ1) is 12.2. The van der Waals surface area contributed by atoms with Crippen molar-refractivity contribution in [3.05, 3.63) is 0 Å². The molecule has 0 N–H and O–H groups in total. The van der Waals surface area contributed by atoms with Crippen LogP contribution in [0.25, 0.3) is 0 Å². The van der Waals surface area contributed by atoms with E-state index in [-0.39, 0.29) is 0 Å². The molecule has 0 aliphatic heterocycles. The molecule has 0 rings (SSSR count). The molecule has 0 spiro atoms. The molecule has 0 aromatic carbocycles. The Morgan fingerprint density at radius 3 is 0.931 bits per heavy atom. The lowest BCUT2D eigenvalue weighted by molar-refractivity contribution is -0.461. The third-order valence-electron chi connectivity index (χ3n) is 3.34. The van der Waals surface area contributed by atoms with E-state index in [1.165, 1.54) is 0 Å². The van der Waals surface area contributed by atoms with Crippen molar-refractivity contribution in [2.45, 2.75) is 52.9 Å². The second kappa shape index (κ2) is 7.29. The zero-order valence-electron chi connectivity index (χ0n) is 12.6. The van der Waals surface area contributed by atoms with Crippen molar-refractivity contribution in [2.24, 2.45) is 0 Å². The van der Waals surface area contributed by atoms with Gasteiger partial charge < -0.3 is 0 Å². The summed E-state index contributed by atoms with van der Waals surface area (Å²) in [7, 11) is 0. The van der Waals surface area contributed by atoms with Crippen LogP contribution in [0.5, 0.6) is 0 Å². The highest BCUT2D eigenvalue weighted by molar-refractivity contribution is 7.84. The van der Waals surface area contributed by atoms with E-state index in [9.17, 15) is 74.6 Å². The summed E-state index contributed by atoms with van der Waals surface area (Å²) in [6, 6.07) is 0. The number of halogens is 17. The van der Waals surface area contributed by atoms with Gasteiger partial charge in [0.25, 0.3) is 0 Å². The number of thiol groups is 2. The predicted molar refractivity (Wildman–Crippen MR) is 67.3 cm³/mol. The standard InChI is InChI=1S/C10H5F17S2/c11-3(12,2(29)1-28)4(13,14)5(15,16)6(17,18)7(19,20)8(21,22)9(23,24)10(25,26)27/h2,28-29H,1H2. The Bertz CT molecular complexity index is 592. The average molecular weight is 512 g/mol. The van der Waals surface area contributed by atoms with Gasteiger partial charge in [0, 0.05) is 5.75 Å². The zero-order valence-corrected chi connectivity index (χ0v) is 14.4. The highest BCUT2D eigenvalue weighted by Gasteiger charge is 2.95. The minimum Gasteiger partial charge on any atom is -0.198 e. The van der Waals surface area contributed by atoms with E-state index in [1.807, 2.05) is 0 Å². The Morgan fingerprint density at radius 1 is 0.448 bits per heavy atom.